The number of piperidine rings is 1. The van der Waals surface area contributed by atoms with Crippen molar-refractivity contribution in [1.29, 1.82) is 0 Å². The Hall–Kier alpha value is -1.56. The smallest absolute Gasteiger partial charge is 0.323 e. The molecule has 1 aliphatic rings. The molecule has 0 aromatic carbocycles. The largest absolute Gasteiger partial charge is 0.388 e. The number of hydrogen-bond donors (Lipinski definition) is 3. The van der Waals surface area contributed by atoms with Gasteiger partial charge in [-0.1, -0.05) is 0 Å². The van der Waals surface area contributed by atoms with E-state index in [4.69, 9.17) is 0 Å². The summed E-state index contributed by atoms with van der Waals surface area (Å²) in [6.07, 6.45) is 2.82. The summed E-state index contributed by atoms with van der Waals surface area (Å²) in [5.41, 5.74) is -0.986. The minimum absolute atomic E-state index is 0.239. The third kappa shape index (κ3) is 2.16. The Morgan fingerprint density at radius 2 is 2.38 bits per heavy atom. The average molecular weight is 225 g/mol. The zero-order chi connectivity index (χ0) is 11.8. The van der Waals surface area contributed by atoms with Gasteiger partial charge in [-0.15, -0.1) is 0 Å². The lowest BCUT2D eigenvalue weighted by atomic mass is 9.95. The van der Waals surface area contributed by atoms with Gasteiger partial charge in [-0.2, -0.15) is 0 Å². The molecule has 0 radical (unpaired) electrons. The molecular formula is C10H15N3O3. The standard InChI is InChI=1S/C10H15N3O3/c1-10(16)3-2-4-13(6-10)8(14)7-5-11-9(15)12-7/h5,16H,2-4,6H2,1H3,(H2,11,12,15). The number of nitrogens with one attached hydrogen (secondary N) is 2. The Labute approximate surface area is 92.3 Å². The normalized spacial score (nSPS) is 25.8. The summed E-state index contributed by atoms with van der Waals surface area (Å²) in [7, 11) is 0. The van der Waals surface area contributed by atoms with Gasteiger partial charge in [0, 0.05) is 19.3 Å². The van der Waals surface area contributed by atoms with Crippen LogP contribution in [0.25, 0.3) is 0 Å². The number of carbonyl (C=O) groups is 1. The van der Waals surface area contributed by atoms with Crippen LogP contribution in [0.1, 0.15) is 30.3 Å². The van der Waals surface area contributed by atoms with Crippen LogP contribution in [0.5, 0.6) is 0 Å². The molecule has 0 spiro atoms. The van der Waals surface area contributed by atoms with E-state index in [0.717, 1.165) is 6.42 Å². The van der Waals surface area contributed by atoms with Crippen molar-refractivity contribution in [2.75, 3.05) is 13.1 Å². The summed E-state index contributed by atoms with van der Waals surface area (Å²) >= 11 is 0. The fourth-order valence-electron chi connectivity index (χ4n) is 2.01. The van der Waals surface area contributed by atoms with E-state index in [1.807, 2.05) is 0 Å². The quantitative estimate of drug-likeness (QED) is 0.612. The van der Waals surface area contributed by atoms with Crippen LogP contribution in [0.15, 0.2) is 11.0 Å². The molecule has 6 nitrogen and oxygen atoms in total. The topological polar surface area (TPSA) is 89.2 Å². The Balaban J connectivity index is 2.13. The van der Waals surface area contributed by atoms with Crippen molar-refractivity contribution in [1.82, 2.24) is 14.9 Å². The average Bonchev–Trinajstić information content (AvgIpc) is 2.62. The Bertz CT molecular complexity index is 446. The van der Waals surface area contributed by atoms with Crippen LogP contribution < -0.4 is 5.69 Å². The molecule has 1 aliphatic heterocycles. The van der Waals surface area contributed by atoms with Crippen LogP contribution in [0.3, 0.4) is 0 Å². The number of H-pyrrole nitrogens is 2. The van der Waals surface area contributed by atoms with Crippen molar-refractivity contribution in [3.63, 3.8) is 0 Å². The Kier molecular flexibility index (Phi) is 2.59. The summed E-state index contributed by atoms with van der Waals surface area (Å²) in [4.78, 5) is 29.2. The number of carbonyl (C=O) groups excluding carboxylic acids is 1. The highest BCUT2D eigenvalue weighted by Crippen LogP contribution is 2.21. The van der Waals surface area contributed by atoms with Crippen molar-refractivity contribution >= 4 is 5.91 Å². The van der Waals surface area contributed by atoms with Crippen LogP contribution in [-0.4, -0.2) is 44.6 Å². The molecule has 0 saturated carbocycles. The zero-order valence-corrected chi connectivity index (χ0v) is 9.12. The van der Waals surface area contributed by atoms with Crippen LogP contribution in [0, 0.1) is 0 Å². The van der Waals surface area contributed by atoms with Gasteiger partial charge in [-0.3, -0.25) is 4.79 Å². The molecule has 1 aromatic heterocycles. The monoisotopic (exact) mass is 225 g/mol. The third-order valence-electron chi connectivity index (χ3n) is 2.79. The molecule has 2 rings (SSSR count). The molecule has 1 aromatic rings. The van der Waals surface area contributed by atoms with Gasteiger partial charge < -0.3 is 20.0 Å². The molecule has 3 N–H and O–H groups in total. The molecule has 1 atom stereocenters. The molecule has 1 saturated heterocycles. The molecule has 16 heavy (non-hydrogen) atoms. The maximum atomic E-state index is 11.9. The molecule has 88 valence electrons. The van der Waals surface area contributed by atoms with Crippen LogP contribution in [0.2, 0.25) is 0 Å². The highest BCUT2D eigenvalue weighted by Gasteiger charge is 2.31. The van der Waals surface area contributed by atoms with Crippen LogP contribution >= 0.6 is 0 Å². The molecule has 1 amide bonds. The summed E-state index contributed by atoms with van der Waals surface area (Å²) in [6, 6.07) is 0. The lowest BCUT2D eigenvalue weighted by Gasteiger charge is -2.36. The second-order valence-corrected chi connectivity index (χ2v) is 4.48. The van der Waals surface area contributed by atoms with E-state index in [2.05, 4.69) is 9.97 Å². The molecular weight excluding hydrogens is 210 g/mol. The highest BCUT2D eigenvalue weighted by atomic mass is 16.3. The van der Waals surface area contributed by atoms with Crippen LogP contribution in [0.4, 0.5) is 0 Å². The van der Waals surface area contributed by atoms with Crippen molar-refractivity contribution < 1.29 is 9.90 Å². The maximum Gasteiger partial charge on any atom is 0.323 e. The number of aromatic nitrogens is 2. The van der Waals surface area contributed by atoms with Crippen LogP contribution in [-0.2, 0) is 0 Å². The van der Waals surface area contributed by atoms with Crippen molar-refractivity contribution in [2.45, 2.75) is 25.4 Å². The highest BCUT2D eigenvalue weighted by molar-refractivity contribution is 5.92. The molecule has 1 fully saturated rings. The van der Waals surface area contributed by atoms with E-state index in [0.29, 0.717) is 19.5 Å². The minimum atomic E-state index is -0.829. The number of nitrogens with zero attached hydrogens (tertiary/aromatic N) is 1. The number of hydrogen-bond acceptors (Lipinski definition) is 3. The van der Waals surface area contributed by atoms with Crippen molar-refractivity contribution in [3.05, 3.63) is 22.4 Å². The lowest BCUT2D eigenvalue weighted by molar-refractivity contribution is -0.0109. The molecule has 0 bridgehead atoms. The zero-order valence-electron chi connectivity index (χ0n) is 9.12. The van der Waals surface area contributed by atoms with E-state index in [1.165, 1.54) is 6.20 Å². The summed E-state index contributed by atoms with van der Waals surface area (Å²) < 4.78 is 0. The molecule has 2 heterocycles. The number of aliphatic hydroxyl groups is 1. The predicted molar refractivity (Wildman–Crippen MR) is 57.2 cm³/mol. The number of rotatable bonds is 1. The fraction of sp³-hybridized carbons (Fsp3) is 0.600. The first-order valence-corrected chi connectivity index (χ1v) is 5.27. The second-order valence-electron chi connectivity index (χ2n) is 4.48. The fourth-order valence-corrected chi connectivity index (χ4v) is 2.01. The molecule has 0 aliphatic carbocycles. The number of aromatic amines is 2. The van der Waals surface area contributed by atoms with Gasteiger partial charge in [0.25, 0.3) is 5.91 Å². The van der Waals surface area contributed by atoms with E-state index >= 15 is 0 Å². The van der Waals surface area contributed by atoms with Gasteiger partial charge in [0.1, 0.15) is 5.69 Å². The van der Waals surface area contributed by atoms with Crippen molar-refractivity contribution in [2.24, 2.45) is 0 Å². The van der Waals surface area contributed by atoms with Gasteiger partial charge in [0.15, 0.2) is 0 Å². The first-order valence-electron chi connectivity index (χ1n) is 5.27. The van der Waals surface area contributed by atoms with E-state index in [-0.39, 0.29) is 11.6 Å². The minimum Gasteiger partial charge on any atom is -0.388 e. The summed E-state index contributed by atoms with van der Waals surface area (Å²) in [6.45, 7) is 2.63. The summed E-state index contributed by atoms with van der Waals surface area (Å²) in [5, 5.41) is 9.87. The first kappa shape index (κ1) is 10.9. The summed E-state index contributed by atoms with van der Waals surface area (Å²) in [5.74, 6) is -0.252. The number of amides is 1. The lowest BCUT2D eigenvalue weighted by Crippen LogP contribution is -2.48. The number of likely N-dealkylation sites (tertiary alicyclic amines) is 1. The van der Waals surface area contributed by atoms with Gasteiger partial charge in [-0.05, 0) is 19.8 Å². The molecule has 1 unspecified atom stereocenters. The third-order valence-corrected chi connectivity index (χ3v) is 2.79. The van der Waals surface area contributed by atoms with E-state index in [1.54, 1.807) is 11.8 Å². The SMILES string of the molecule is CC1(O)CCCN(C(=O)c2c[nH]c(=O)[nH]2)C1. The van der Waals surface area contributed by atoms with Gasteiger partial charge in [0.05, 0.1) is 5.60 Å². The van der Waals surface area contributed by atoms with E-state index < -0.39 is 11.3 Å². The van der Waals surface area contributed by atoms with Gasteiger partial charge >= 0.3 is 5.69 Å². The Morgan fingerprint density at radius 1 is 1.62 bits per heavy atom. The molecule has 6 heteroatoms. The van der Waals surface area contributed by atoms with Gasteiger partial charge in [0.2, 0.25) is 0 Å². The van der Waals surface area contributed by atoms with Crippen molar-refractivity contribution in [3.8, 4) is 0 Å². The second kappa shape index (κ2) is 3.79. The van der Waals surface area contributed by atoms with E-state index in [9.17, 15) is 14.7 Å². The maximum absolute atomic E-state index is 11.9. The number of imidazole rings is 1. The first-order chi connectivity index (χ1) is 7.48. The predicted octanol–water partition coefficient (Wildman–Crippen LogP) is -0.310. The number of β-amino-alcohol motifs (C(OH)–C–C–N with tert-alkyl or cyclic N) is 1. The van der Waals surface area contributed by atoms with Gasteiger partial charge in [-0.25, -0.2) is 4.79 Å². The Morgan fingerprint density at radius 3 is 2.94 bits per heavy atom.